The van der Waals surface area contributed by atoms with Gasteiger partial charge in [0.2, 0.25) is 0 Å². The van der Waals surface area contributed by atoms with Crippen LogP contribution in [0.3, 0.4) is 0 Å². The van der Waals surface area contributed by atoms with Gasteiger partial charge in [-0.1, -0.05) is 65.8 Å². The number of methoxy groups -OCH3 is 1. The van der Waals surface area contributed by atoms with E-state index in [0.717, 1.165) is 12.8 Å². The summed E-state index contributed by atoms with van der Waals surface area (Å²) in [6.07, 6.45) is 11.2. The van der Waals surface area contributed by atoms with Crippen LogP contribution in [0.25, 0.3) is 0 Å². The number of hydrogen-bond acceptors (Lipinski definition) is 3. The number of fused-ring (bicyclic) bond motifs is 1. The van der Waals surface area contributed by atoms with Crippen molar-refractivity contribution >= 4 is 14.3 Å². The van der Waals surface area contributed by atoms with E-state index in [2.05, 4.69) is 73.4 Å². The molecule has 0 N–H and O–H groups in total. The van der Waals surface area contributed by atoms with Crippen LogP contribution >= 0.6 is 0 Å². The van der Waals surface area contributed by atoms with Gasteiger partial charge in [0.15, 0.2) is 8.32 Å². The van der Waals surface area contributed by atoms with Gasteiger partial charge in [-0.25, -0.2) is 4.79 Å². The monoisotopic (exact) mass is 460 g/mol. The lowest BCUT2D eigenvalue weighted by Crippen LogP contribution is -2.51. The maximum atomic E-state index is 13.1. The van der Waals surface area contributed by atoms with Crippen molar-refractivity contribution in [2.24, 2.45) is 34.5 Å². The molecule has 3 rings (SSSR count). The molecule has 1 unspecified atom stereocenters. The van der Waals surface area contributed by atoms with Crippen molar-refractivity contribution < 1.29 is 14.0 Å². The lowest BCUT2D eigenvalue weighted by atomic mass is 9.59. The molecule has 6 atom stereocenters. The number of carbonyl (C=O) groups excluding carboxylic acids is 1. The van der Waals surface area contributed by atoms with Gasteiger partial charge in [0, 0.05) is 5.92 Å². The highest BCUT2D eigenvalue weighted by molar-refractivity contribution is 6.74. The normalized spacial score (nSPS) is 36.0. The summed E-state index contributed by atoms with van der Waals surface area (Å²) in [6, 6.07) is 0. The third-order valence-electron chi connectivity index (χ3n) is 9.94. The summed E-state index contributed by atoms with van der Waals surface area (Å²) in [4.78, 5) is 13.1. The highest BCUT2D eigenvalue weighted by Gasteiger charge is 2.58. The van der Waals surface area contributed by atoms with Crippen molar-refractivity contribution in [3.05, 3.63) is 24.3 Å². The van der Waals surface area contributed by atoms with E-state index in [4.69, 9.17) is 9.16 Å². The molecule has 182 valence electrons. The summed E-state index contributed by atoms with van der Waals surface area (Å²) in [7, 11) is -0.638. The highest BCUT2D eigenvalue weighted by atomic mass is 28.4. The van der Waals surface area contributed by atoms with E-state index in [1.807, 2.05) is 0 Å². The fourth-order valence-corrected chi connectivity index (χ4v) is 8.20. The molecule has 0 spiro atoms. The van der Waals surface area contributed by atoms with Gasteiger partial charge in [-0.3, -0.25) is 0 Å². The first-order valence-electron chi connectivity index (χ1n) is 12.8. The van der Waals surface area contributed by atoms with E-state index < -0.39 is 14.4 Å². The lowest BCUT2D eigenvalue weighted by molar-refractivity contribution is -0.153. The van der Waals surface area contributed by atoms with Gasteiger partial charge in [-0.15, -0.1) is 0 Å². The summed E-state index contributed by atoms with van der Waals surface area (Å²) in [5, 5.41) is 0.0407. The summed E-state index contributed by atoms with van der Waals surface area (Å²) in [5.41, 5.74) is 1.94. The summed E-state index contributed by atoms with van der Waals surface area (Å²) in [6.45, 7) is 23.2. The van der Waals surface area contributed by atoms with E-state index in [9.17, 15) is 4.79 Å². The van der Waals surface area contributed by atoms with Gasteiger partial charge >= 0.3 is 5.97 Å². The number of hydrogen-bond donors (Lipinski definition) is 0. The maximum absolute atomic E-state index is 13.1. The molecule has 0 aromatic carbocycles. The van der Waals surface area contributed by atoms with E-state index >= 15 is 0 Å². The summed E-state index contributed by atoms with van der Waals surface area (Å²) in [5.74, 6) is 1.45. The molecule has 3 aliphatic rings. The molecule has 2 fully saturated rings. The van der Waals surface area contributed by atoms with Crippen LogP contribution in [-0.4, -0.2) is 27.5 Å². The Morgan fingerprint density at radius 3 is 2.44 bits per heavy atom. The van der Waals surface area contributed by atoms with Crippen LogP contribution in [-0.2, 0) is 14.0 Å². The lowest BCUT2D eigenvalue weighted by Gasteiger charge is -2.47. The van der Waals surface area contributed by atoms with Gasteiger partial charge in [0.1, 0.15) is 6.10 Å². The topological polar surface area (TPSA) is 35.5 Å². The summed E-state index contributed by atoms with van der Waals surface area (Å²) >= 11 is 0. The van der Waals surface area contributed by atoms with Crippen LogP contribution < -0.4 is 0 Å². The van der Waals surface area contributed by atoms with E-state index in [1.165, 1.54) is 38.4 Å². The molecule has 0 aliphatic heterocycles. The zero-order chi connectivity index (χ0) is 24.1. The standard InChI is InChI=1S/C28H48O3Si/c1-19-13-12-17-27(5,6)22-16-18-28(7,23(19)22)21-15-11-14-20(21)24(25(29)30-8)31-32(9,10)26(2,3)4/h11,14,20-24H,1,12-13,15-18H2,2-10H3/t20?,21-,22-,23-,24-,28-/m1/s1. The molecule has 0 aromatic heterocycles. The Balaban J connectivity index is 1.97. The molecular formula is C28H48O3Si. The molecule has 3 nitrogen and oxygen atoms in total. The molecule has 0 radical (unpaired) electrons. The molecule has 2 saturated carbocycles. The Bertz CT molecular complexity index is 759. The van der Waals surface area contributed by atoms with Crippen molar-refractivity contribution in [2.45, 2.75) is 104 Å². The van der Waals surface area contributed by atoms with Crippen molar-refractivity contribution in [3.63, 3.8) is 0 Å². The van der Waals surface area contributed by atoms with Crippen LogP contribution in [0.15, 0.2) is 24.3 Å². The third kappa shape index (κ3) is 4.43. The number of carbonyl (C=O) groups is 1. The number of rotatable bonds is 5. The predicted molar refractivity (Wildman–Crippen MR) is 136 cm³/mol. The molecule has 32 heavy (non-hydrogen) atoms. The minimum atomic E-state index is -2.14. The Kier molecular flexibility index (Phi) is 7.02. The number of allylic oxidation sites excluding steroid dienone is 2. The number of ether oxygens (including phenoxy) is 1. The van der Waals surface area contributed by atoms with Crippen LogP contribution in [0, 0.1) is 34.5 Å². The van der Waals surface area contributed by atoms with Crippen LogP contribution in [0.5, 0.6) is 0 Å². The first kappa shape index (κ1) is 25.7. The molecular weight excluding hydrogens is 412 g/mol. The van der Waals surface area contributed by atoms with Crippen molar-refractivity contribution in [1.29, 1.82) is 0 Å². The van der Waals surface area contributed by atoms with Crippen molar-refractivity contribution in [3.8, 4) is 0 Å². The van der Waals surface area contributed by atoms with Crippen LogP contribution in [0.1, 0.15) is 80.1 Å². The van der Waals surface area contributed by atoms with Gasteiger partial charge in [-0.05, 0) is 85.2 Å². The minimum absolute atomic E-state index is 0.0407. The number of esters is 1. The smallest absolute Gasteiger partial charge is 0.334 e. The molecule has 0 bridgehead atoms. The molecule has 0 aromatic rings. The Labute approximate surface area is 198 Å². The van der Waals surface area contributed by atoms with Gasteiger partial charge in [0.25, 0.3) is 0 Å². The first-order chi connectivity index (χ1) is 14.7. The Hall–Kier alpha value is -0.873. The average Bonchev–Trinajstić information content (AvgIpc) is 3.27. The second-order valence-corrected chi connectivity index (χ2v) is 18.1. The van der Waals surface area contributed by atoms with Gasteiger partial charge in [-0.2, -0.15) is 0 Å². The minimum Gasteiger partial charge on any atom is -0.467 e. The highest BCUT2D eigenvalue weighted by Crippen LogP contribution is 2.64. The molecule has 4 heteroatoms. The SMILES string of the molecule is C=C1CCCC(C)(C)[C@@H]2CC[C@](C)([C@@H]3CC=CC3[C@@H](O[Si](C)(C)C(C)(C)C)C(=O)OC)[C@H]12. The van der Waals surface area contributed by atoms with Crippen LogP contribution in [0.4, 0.5) is 0 Å². The maximum Gasteiger partial charge on any atom is 0.334 e. The van der Waals surface area contributed by atoms with E-state index in [0.29, 0.717) is 23.2 Å². The molecule has 3 aliphatic carbocycles. The third-order valence-corrected chi connectivity index (χ3v) is 14.4. The zero-order valence-corrected chi connectivity index (χ0v) is 23.2. The van der Waals surface area contributed by atoms with Crippen molar-refractivity contribution in [1.82, 2.24) is 0 Å². The summed E-state index contributed by atoms with van der Waals surface area (Å²) < 4.78 is 12.1. The van der Waals surface area contributed by atoms with Gasteiger partial charge in [0.05, 0.1) is 7.11 Å². The van der Waals surface area contributed by atoms with E-state index in [-0.39, 0.29) is 22.3 Å². The predicted octanol–water partition coefficient (Wildman–Crippen LogP) is 7.54. The Morgan fingerprint density at radius 2 is 1.84 bits per heavy atom. The second-order valence-electron chi connectivity index (χ2n) is 13.3. The Morgan fingerprint density at radius 1 is 1.19 bits per heavy atom. The van der Waals surface area contributed by atoms with Crippen molar-refractivity contribution in [2.75, 3.05) is 7.11 Å². The van der Waals surface area contributed by atoms with Crippen LogP contribution in [0.2, 0.25) is 18.1 Å². The fourth-order valence-electron chi connectivity index (χ4n) is 6.96. The van der Waals surface area contributed by atoms with Gasteiger partial charge < -0.3 is 9.16 Å². The largest absolute Gasteiger partial charge is 0.467 e. The molecule has 0 amide bonds. The zero-order valence-electron chi connectivity index (χ0n) is 22.2. The molecule has 0 saturated heterocycles. The fraction of sp³-hybridized carbons (Fsp3) is 0.821. The second kappa shape index (κ2) is 8.72. The first-order valence-corrected chi connectivity index (χ1v) is 15.7. The van der Waals surface area contributed by atoms with E-state index in [1.54, 1.807) is 0 Å². The average molecular weight is 461 g/mol. The molecule has 0 heterocycles. The quantitative estimate of drug-likeness (QED) is 0.241.